The van der Waals surface area contributed by atoms with Crippen LogP contribution >= 0.6 is 11.8 Å². The van der Waals surface area contributed by atoms with E-state index in [2.05, 4.69) is 4.74 Å². The zero-order valence-electron chi connectivity index (χ0n) is 12.0. The fourth-order valence-electron chi connectivity index (χ4n) is 1.98. The maximum absolute atomic E-state index is 11.2. The summed E-state index contributed by atoms with van der Waals surface area (Å²) in [5.74, 6) is 0.180. The van der Waals surface area contributed by atoms with Crippen molar-refractivity contribution in [3.8, 4) is 0 Å². The third-order valence-electron chi connectivity index (χ3n) is 3.00. The molecule has 1 atom stereocenters. The van der Waals surface area contributed by atoms with Crippen LogP contribution in [0.2, 0.25) is 0 Å². The molecule has 0 aromatic heterocycles. The van der Waals surface area contributed by atoms with Gasteiger partial charge in [0.2, 0.25) is 0 Å². The van der Waals surface area contributed by atoms with E-state index in [4.69, 9.17) is 9.47 Å². The number of benzene rings is 1. The van der Waals surface area contributed by atoms with E-state index in [1.54, 1.807) is 11.8 Å². The van der Waals surface area contributed by atoms with Crippen molar-refractivity contribution in [3.63, 3.8) is 0 Å². The van der Waals surface area contributed by atoms with Crippen molar-refractivity contribution in [1.82, 2.24) is 0 Å². The van der Waals surface area contributed by atoms with Gasteiger partial charge in [0.05, 0.1) is 26.2 Å². The molecule has 1 saturated heterocycles. The van der Waals surface area contributed by atoms with E-state index >= 15 is 0 Å². The molecule has 0 saturated carbocycles. The molecule has 1 aliphatic rings. The van der Waals surface area contributed by atoms with Gasteiger partial charge in [0.25, 0.3) is 0 Å². The maximum Gasteiger partial charge on any atom is 0.309 e. The summed E-state index contributed by atoms with van der Waals surface area (Å²) in [4.78, 5) is 12.3. The normalized spacial score (nSPS) is 20.9. The van der Waals surface area contributed by atoms with Crippen LogP contribution in [0.15, 0.2) is 29.2 Å². The first-order valence-electron chi connectivity index (χ1n) is 6.59. The summed E-state index contributed by atoms with van der Waals surface area (Å²) in [5, 5.41) is 0. The molecule has 2 rings (SSSR count). The number of carbonyl (C=O) groups is 1. The summed E-state index contributed by atoms with van der Waals surface area (Å²) >= 11 is 1.73. The predicted molar refractivity (Wildman–Crippen MR) is 77.8 cm³/mol. The Hall–Kier alpha value is -1.04. The summed E-state index contributed by atoms with van der Waals surface area (Å²) in [6, 6.07) is 7.94. The molecule has 5 heteroatoms. The molecule has 20 heavy (non-hydrogen) atoms. The van der Waals surface area contributed by atoms with Gasteiger partial charge in [0.15, 0.2) is 5.79 Å². The summed E-state index contributed by atoms with van der Waals surface area (Å²) in [6.45, 7) is 4.50. The van der Waals surface area contributed by atoms with Crippen molar-refractivity contribution in [2.24, 2.45) is 0 Å². The Morgan fingerprint density at radius 1 is 1.40 bits per heavy atom. The molecule has 1 aromatic rings. The van der Waals surface area contributed by atoms with Gasteiger partial charge in [-0.2, -0.15) is 0 Å². The van der Waals surface area contributed by atoms with Crippen LogP contribution in [0, 0.1) is 0 Å². The van der Waals surface area contributed by atoms with Gasteiger partial charge in [-0.25, -0.2) is 0 Å². The van der Waals surface area contributed by atoms with Crippen molar-refractivity contribution < 1.29 is 19.0 Å². The van der Waals surface area contributed by atoms with Gasteiger partial charge < -0.3 is 14.2 Å². The Kier molecular flexibility index (Phi) is 5.07. The van der Waals surface area contributed by atoms with E-state index in [9.17, 15) is 4.79 Å². The third-order valence-corrected chi connectivity index (χ3v) is 4.15. The quantitative estimate of drug-likeness (QED) is 0.617. The molecule has 0 bridgehead atoms. The standard InChI is InChI=1S/C15H20O4S/c1-15(2)18-9-12(19-15)10-20-13-6-4-11(5-7-13)8-14(16)17-3/h4-7,12H,8-10H2,1-3H3. The Bertz CT molecular complexity index is 455. The Labute approximate surface area is 123 Å². The highest BCUT2D eigenvalue weighted by molar-refractivity contribution is 7.99. The smallest absolute Gasteiger partial charge is 0.309 e. The number of methoxy groups -OCH3 is 1. The first-order valence-corrected chi connectivity index (χ1v) is 7.57. The average Bonchev–Trinajstić information content (AvgIpc) is 2.77. The van der Waals surface area contributed by atoms with Crippen LogP contribution in [0.5, 0.6) is 0 Å². The van der Waals surface area contributed by atoms with Gasteiger partial charge in [-0.3, -0.25) is 4.79 Å². The van der Waals surface area contributed by atoms with Crippen molar-refractivity contribution in [2.75, 3.05) is 19.5 Å². The van der Waals surface area contributed by atoms with E-state index in [-0.39, 0.29) is 12.1 Å². The molecular formula is C15H20O4S. The monoisotopic (exact) mass is 296 g/mol. The van der Waals surface area contributed by atoms with E-state index < -0.39 is 5.79 Å². The predicted octanol–water partition coefficient (Wildman–Crippen LogP) is 2.65. The van der Waals surface area contributed by atoms with E-state index in [0.29, 0.717) is 13.0 Å². The van der Waals surface area contributed by atoms with Crippen molar-refractivity contribution in [3.05, 3.63) is 29.8 Å². The van der Waals surface area contributed by atoms with Crippen LogP contribution < -0.4 is 0 Å². The highest BCUT2D eigenvalue weighted by Crippen LogP contribution is 2.27. The molecule has 1 aliphatic heterocycles. The van der Waals surface area contributed by atoms with Gasteiger partial charge >= 0.3 is 5.97 Å². The molecule has 0 N–H and O–H groups in total. The lowest BCUT2D eigenvalue weighted by molar-refractivity contribution is -0.139. The molecule has 110 valence electrons. The van der Waals surface area contributed by atoms with Crippen LogP contribution in [0.25, 0.3) is 0 Å². The summed E-state index contributed by atoms with van der Waals surface area (Å²) in [5.41, 5.74) is 0.961. The van der Waals surface area contributed by atoms with Crippen LogP contribution in [0.4, 0.5) is 0 Å². The van der Waals surface area contributed by atoms with Crippen LogP contribution in [0.3, 0.4) is 0 Å². The third kappa shape index (κ3) is 4.51. The summed E-state index contributed by atoms with van der Waals surface area (Å²) < 4.78 is 15.9. The lowest BCUT2D eigenvalue weighted by Crippen LogP contribution is -2.22. The summed E-state index contributed by atoms with van der Waals surface area (Å²) in [7, 11) is 1.40. The molecule has 1 aromatic carbocycles. The number of ether oxygens (including phenoxy) is 3. The van der Waals surface area contributed by atoms with Crippen LogP contribution in [-0.2, 0) is 25.4 Å². The Morgan fingerprint density at radius 2 is 2.10 bits per heavy atom. The second-order valence-corrected chi connectivity index (χ2v) is 6.25. The highest BCUT2D eigenvalue weighted by Gasteiger charge is 2.32. The number of hydrogen-bond donors (Lipinski definition) is 0. The summed E-state index contributed by atoms with van der Waals surface area (Å²) in [6.07, 6.45) is 0.444. The van der Waals surface area contributed by atoms with Gasteiger partial charge in [-0.05, 0) is 31.5 Å². The van der Waals surface area contributed by atoms with E-state index in [1.165, 1.54) is 7.11 Å². The number of esters is 1. The second-order valence-electron chi connectivity index (χ2n) is 5.16. The zero-order valence-corrected chi connectivity index (χ0v) is 12.9. The topological polar surface area (TPSA) is 44.8 Å². The molecule has 0 amide bonds. The molecule has 4 nitrogen and oxygen atoms in total. The van der Waals surface area contributed by atoms with E-state index in [1.807, 2.05) is 38.1 Å². The molecule has 0 radical (unpaired) electrons. The number of hydrogen-bond acceptors (Lipinski definition) is 5. The zero-order chi connectivity index (χ0) is 14.6. The lowest BCUT2D eigenvalue weighted by atomic mass is 10.2. The van der Waals surface area contributed by atoms with Gasteiger partial charge in [-0.15, -0.1) is 11.8 Å². The maximum atomic E-state index is 11.2. The fraction of sp³-hybridized carbons (Fsp3) is 0.533. The van der Waals surface area contributed by atoms with Gasteiger partial charge in [0, 0.05) is 10.6 Å². The Balaban J connectivity index is 1.81. The number of rotatable bonds is 5. The van der Waals surface area contributed by atoms with Crippen LogP contribution in [-0.4, -0.2) is 37.3 Å². The lowest BCUT2D eigenvalue weighted by Gasteiger charge is -2.16. The minimum absolute atomic E-state index is 0.129. The Morgan fingerprint density at radius 3 is 2.65 bits per heavy atom. The van der Waals surface area contributed by atoms with Gasteiger partial charge in [-0.1, -0.05) is 12.1 Å². The largest absolute Gasteiger partial charge is 0.469 e. The number of thioether (sulfide) groups is 1. The van der Waals surface area contributed by atoms with E-state index in [0.717, 1.165) is 16.2 Å². The van der Waals surface area contributed by atoms with Crippen molar-refractivity contribution in [2.45, 2.75) is 37.1 Å². The minimum atomic E-state index is -0.463. The molecule has 0 aliphatic carbocycles. The molecule has 1 unspecified atom stereocenters. The molecular weight excluding hydrogens is 276 g/mol. The first-order chi connectivity index (χ1) is 9.48. The molecule has 1 fully saturated rings. The SMILES string of the molecule is COC(=O)Cc1ccc(SCC2COC(C)(C)O2)cc1. The minimum Gasteiger partial charge on any atom is -0.469 e. The van der Waals surface area contributed by atoms with Crippen LogP contribution in [0.1, 0.15) is 19.4 Å². The first kappa shape index (κ1) is 15.4. The van der Waals surface area contributed by atoms with Crippen molar-refractivity contribution >= 4 is 17.7 Å². The van der Waals surface area contributed by atoms with Crippen molar-refractivity contribution in [1.29, 1.82) is 0 Å². The number of carbonyl (C=O) groups excluding carboxylic acids is 1. The molecule has 1 heterocycles. The fourth-order valence-corrected chi connectivity index (χ4v) is 2.85. The highest BCUT2D eigenvalue weighted by atomic mass is 32.2. The average molecular weight is 296 g/mol. The molecule has 0 spiro atoms. The van der Waals surface area contributed by atoms with Gasteiger partial charge in [0.1, 0.15) is 0 Å². The second kappa shape index (κ2) is 6.61.